The SMILES string of the molecule is NCCCN(N)C1NC(=O)NC1=O. The summed E-state index contributed by atoms with van der Waals surface area (Å²) in [6.45, 7) is 0.963. The van der Waals surface area contributed by atoms with Crippen molar-refractivity contribution in [2.75, 3.05) is 13.1 Å². The maximum atomic E-state index is 11.0. The first-order chi connectivity index (χ1) is 6.15. The van der Waals surface area contributed by atoms with Gasteiger partial charge in [-0.25, -0.2) is 9.80 Å². The Morgan fingerprint density at radius 3 is 2.62 bits per heavy atom. The van der Waals surface area contributed by atoms with Gasteiger partial charge in [-0.05, 0) is 13.0 Å². The minimum atomic E-state index is -0.765. The normalized spacial score (nSPS) is 21.9. The first-order valence-electron chi connectivity index (χ1n) is 3.98. The van der Waals surface area contributed by atoms with Gasteiger partial charge < -0.3 is 11.1 Å². The van der Waals surface area contributed by atoms with E-state index in [4.69, 9.17) is 11.6 Å². The summed E-state index contributed by atoms with van der Waals surface area (Å²) in [6.07, 6.45) is -0.0880. The largest absolute Gasteiger partial charge is 0.330 e. The van der Waals surface area contributed by atoms with Crippen LogP contribution in [0.1, 0.15) is 6.42 Å². The summed E-state index contributed by atoms with van der Waals surface area (Å²) in [5, 5.41) is 5.71. The number of rotatable bonds is 4. The van der Waals surface area contributed by atoms with Gasteiger partial charge >= 0.3 is 6.03 Å². The van der Waals surface area contributed by atoms with E-state index in [0.29, 0.717) is 19.5 Å². The Bertz CT molecular complexity index is 219. The number of hydrogen-bond acceptors (Lipinski definition) is 5. The van der Waals surface area contributed by atoms with Crippen LogP contribution in [0.4, 0.5) is 4.79 Å². The van der Waals surface area contributed by atoms with Crippen LogP contribution in [0.5, 0.6) is 0 Å². The van der Waals surface area contributed by atoms with Crippen molar-refractivity contribution in [2.24, 2.45) is 11.6 Å². The quantitative estimate of drug-likeness (QED) is 0.224. The van der Waals surface area contributed by atoms with Gasteiger partial charge in [0.05, 0.1) is 0 Å². The molecule has 74 valence electrons. The van der Waals surface area contributed by atoms with Crippen molar-refractivity contribution in [1.29, 1.82) is 0 Å². The van der Waals surface area contributed by atoms with Gasteiger partial charge in [-0.15, -0.1) is 0 Å². The molecule has 0 aromatic heterocycles. The Kier molecular flexibility index (Phi) is 3.18. The first kappa shape index (κ1) is 9.90. The number of hydrogen-bond donors (Lipinski definition) is 4. The molecule has 7 nitrogen and oxygen atoms in total. The van der Waals surface area contributed by atoms with Crippen LogP contribution < -0.4 is 22.2 Å². The zero-order valence-electron chi connectivity index (χ0n) is 7.12. The molecular formula is C6H13N5O2. The summed E-state index contributed by atoms with van der Waals surface area (Å²) in [4.78, 5) is 21.7. The third kappa shape index (κ3) is 2.38. The van der Waals surface area contributed by atoms with Crippen molar-refractivity contribution in [2.45, 2.75) is 12.6 Å². The number of nitrogens with two attached hydrogens (primary N) is 2. The molecule has 0 saturated carbocycles. The van der Waals surface area contributed by atoms with E-state index in [1.807, 2.05) is 0 Å². The Morgan fingerprint density at radius 2 is 2.15 bits per heavy atom. The molecule has 1 aliphatic rings. The van der Waals surface area contributed by atoms with E-state index in [1.54, 1.807) is 0 Å². The number of nitrogens with zero attached hydrogens (tertiary/aromatic N) is 1. The van der Waals surface area contributed by atoms with Crippen molar-refractivity contribution in [1.82, 2.24) is 15.6 Å². The third-order valence-electron chi connectivity index (χ3n) is 1.70. The summed E-state index contributed by atoms with van der Waals surface area (Å²) >= 11 is 0. The maximum Gasteiger partial charge on any atom is 0.323 e. The summed E-state index contributed by atoms with van der Waals surface area (Å²) < 4.78 is 0. The molecule has 0 aromatic rings. The lowest BCUT2D eigenvalue weighted by Gasteiger charge is -2.20. The number of carbonyl (C=O) groups is 2. The number of hydrazine groups is 1. The standard InChI is InChI=1S/C6H13N5O2/c7-2-1-3-11(8)4-5(12)10-6(13)9-4/h4H,1-3,7-8H2,(H2,9,10,12,13). The molecule has 0 bridgehead atoms. The predicted octanol–water partition coefficient (Wildman–Crippen LogP) is -2.32. The second kappa shape index (κ2) is 4.17. The zero-order valence-corrected chi connectivity index (χ0v) is 7.12. The fourth-order valence-electron chi connectivity index (χ4n) is 1.04. The van der Waals surface area contributed by atoms with Gasteiger partial charge in [-0.2, -0.15) is 0 Å². The number of amides is 3. The molecule has 6 N–H and O–H groups in total. The fourth-order valence-corrected chi connectivity index (χ4v) is 1.04. The van der Waals surface area contributed by atoms with Gasteiger partial charge in [-0.1, -0.05) is 0 Å². The highest BCUT2D eigenvalue weighted by atomic mass is 16.2. The molecule has 1 unspecified atom stereocenters. The highest BCUT2D eigenvalue weighted by Crippen LogP contribution is 1.96. The van der Waals surface area contributed by atoms with Gasteiger partial charge in [-0.3, -0.25) is 16.0 Å². The van der Waals surface area contributed by atoms with E-state index in [2.05, 4.69) is 10.6 Å². The number of nitrogens with one attached hydrogen (secondary N) is 2. The summed E-state index contributed by atoms with van der Waals surface area (Å²) in [5.74, 6) is 5.09. The van der Waals surface area contributed by atoms with Gasteiger partial charge in [0.1, 0.15) is 0 Å². The van der Waals surface area contributed by atoms with Crippen LogP contribution in [0.15, 0.2) is 0 Å². The average Bonchev–Trinajstić information content (AvgIpc) is 2.41. The lowest BCUT2D eigenvalue weighted by atomic mass is 10.4. The molecule has 1 rings (SSSR count). The van der Waals surface area contributed by atoms with Crippen LogP contribution in [-0.4, -0.2) is 36.2 Å². The summed E-state index contributed by atoms with van der Waals surface area (Å²) in [5.41, 5.74) is 5.27. The Balaban J connectivity index is 2.42. The smallest absolute Gasteiger partial charge is 0.323 e. The predicted molar refractivity (Wildman–Crippen MR) is 45.0 cm³/mol. The van der Waals surface area contributed by atoms with Gasteiger partial charge in [0.15, 0.2) is 6.17 Å². The van der Waals surface area contributed by atoms with Crippen molar-refractivity contribution in [3.63, 3.8) is 0 Å². The van der Waals surface area contributed by atoms with Crippen molar-refractivity contribution >= 4 is 11.9 Å². The van der Waals surface area contributed by atoms with E-state index in [9.17, 15) is 9.59 Å². The molecule has 1 aliphatic heterocycles. The Morgan fingerprint density at radius 1 is 1.46 bits per heavy atom. The molecule has 7 heteroatoms. The van der Waals surface area contributed by atoms with Gasteiger partial charge in [0.2, 0.25) is 0 Å². The molecule has 0 radical (unpaired) electrons. The molecule has 3 amide bonds. The van der Waals surface area contributed by atoms with Crippen LogP contribution in [-0.2, 0) is 4.79 Å². The van der Waals surface area contributed by atoms with Gasteiger partial charge in [0, 0.05) is 6.54 Å². The van der Waals surface area contributed by atoms with E-state index in [-0.39, 0.29) is 0 Å². The topological polar surface area (TPSA) is 113 Å². The second-order valence-corrected chi connectivity index (χ2v) is 2.75. The summed E-state index contributed by atoms with van der Waals surface area (Å²) in [7, 11) is 0. The zero-order chi connectivity index (χ0) is 9.84. The molecular weight excluding hydrogens is 174 g/mol. The van der Waals surface area contributed by atoms with Crippen LogP contribution in [0.2, 0.25) is 0 Å². The first-order valence-corrected chi connectivity index (χ1v) is 3.98. The molecule has 1 fully saturated rings. The van der Waals surface area contributed by atoms with E-state index in [1.165, 1.54) is 5.01 Å². The van der Waals surface area contributed by atoms with Crippen molar-refractivity contribution in [3.8, 4) is 0 Å². The number of imide groups is 1. The average molecular weight is 187 g/mol. The second-order valence-electron chi connectivity index (χ2n) is 2.75. The monoisotopic (exact) mass is 187 g/mol. The molecule has 0 aliphatic carbocycles. The Hall–Kier alpha value is -1.18. The van der Waals surface area contributed by atoms with E-state index >= 15 is 0 Å². The number of carbonyl (C=O) groups excluding carboxylic acids is 2. The van der Waals surface area contributed by atoms with Crippen molar-refractivity contribution in [3.05, 3.63) is 0 Å². The van der Waals surface area contributed by atoms with E-state index in [0.717, 1.165) is 0 Å². The Labute approximate surface area is 75.4 Å². The summed E-state index contributed by atoms with van der Waals surface area (Å²) in [6, 6.07) is -0.516. The molecule has 1 saturated heterocycles. The molecule has 0 spiro atoms. The minimum Gasteiger partial charge on any atom is -0.330 e. The highest BCUT2D eigenvalue weighted by molar-refractivity contribution is 6.03. The molecule has 13 heavy (non-hydrogen) atoms. The van der Waals surface area contributed by atoms with Crippen LogP contribution in [0, 0.1) is 0 Å². The highest BCUT2D eigenvalue weighted by Gasteiger charge is 2.32. The number of urea groups is 1. The van der Waals surface area contributed by atoms with Crippen molar-refractivity contribution < 1.29 is 9.59 Å². The fraction of sp³-hybridized carbons (Fsp3) is 0.667. The molecule has 1 heterocycles. The maximum absolute atomic E-state index is 11.0. The lowest BCUT2D eigenvalue weighted by molar-refractivity contribution is -0.124. The minimum absolute atomic E-state index is 0.426. The van der Waals surface area contributed by atoms with Crippen LogP contribution in [0.25, 0.3) is 0 Å². The van der Waals surface area contributed by atoms with Crippen LogP contribution >= 0.6 is 0 Å². The van der Waals surface area contributed by atoms with Gasteiger partial charge in [0.25, 0.3) is 5.91 Å². The molecule has 0 aromatic carbocycles. The van der Waals surface area contributed by atoms with E-state index < -0.39 is 18.1 Å². The third-order valence-corrected chi connectivity index (χ3v) is 1.70. The molecule has 1 atom stereocenters. The lowest BCUT2D eigenvalue weighted by Crippen LogP contribution is -2.51. The van der Waals surface area contributed by atoms with Crippen LogP contribution in [0.3, 0.4) is 0 Å².